The molecule has 0 radical (unpaired) electrons. The standard InChI is InChI=1S/C25H23ClO4/c1-16(12-23(27)28)4-5-19-14-25(2,3)15-30-22-11-8-18(13-21(19)22)24(29)17-6-9-20(26)10-7-17/h4-14H,15H2,1-3H3,(H,27,28). The number of carboxylic acids is 1. The van der Waals surface area contributed by atoms with E-state index in [1.165, 1.54) is 0 Å². The highest BCUT2D eigenvalue weighted by molar-refractivity contribution is 6.30. The summed E-state index contributed by atoms with van der Waals surface area (Å²) >= 11 is 5.93. The Morgan fingerprint density at radius 2 is 1.77 bits per heavy atom. The van der Waals surface area contributed by atoms with Gasteiger partial charge in [-0.2, -0.15) is 0 Å². The highest BCUT2D eigenvalue weighted by atomic mass is 35.5. The Morgan fingerprint density at radius 3 is 2.43 bits per heavy atom. The smallest absolute Gasteiger partial charge is 0.328 e. The van der Waals surface area contributed by atoms with E-state index in [1.54, 1.807) is 43.3 Å². The molecule has 0 fully saturated rings. The van der Waals surface area contributed by atoms with Crippen LogP contribution in [0.4, 0.5) is 0 Å². The maximum absolute atomic E-state index is 13.0. The molecule has 2 aromatic carbocycles. The largest absolute Gasteiger partial charge is 0.492 e. The Balaban J connectivity index is 2.04. The normalized spacial score (nSPS) is 15.7. The summed E-state index contributed by atoms with van der Waals surface area (Å²) in [5.41, 5.74) is 3.13. The van der Waals surface area contributed by atoms with Crippen LogP contribution in [0.3, 0.4) is 0 Å². The maximum atomic E-state index is 13.0. The highest BCUT2D eigenvalue weighted by Crippen LogP contribution is 2.37. The van der Waals surface area contributed by atoms with E-state index in [4.69, 9.17) is 21.4 Å². The van der Waals surface area contributed by atoms with Crippen LogP contribution in [-0.4, -0.2) is 23.5 Å². The van der Waals surface area contributed by atoms with E-state index in [0.29, 0.717) is 34.1 Å². The first kappa shape index (κ1) is 21.6. The van der Waals surface area contributed by atoms with E-state index < -0.39 is 5.97 Å². The van der Waals surface area contributed by atoms with E-state index >= 15 is 0 Å². The van der Waals surface area contributed by atoms with Crippen molar-refractivity contribution < 1.29 is 19.4 Å². The van der Waals surface area contributed by atoms with Gasteiger partial charge in [-0.25, -0.2) is 4.79 Å². The summed E-state index contributed by atoms with van der Waals surface area (Å²) in [7, 11) is 0. The second-order valence-electron chi connectivity index (χ2n) is 7.98. The first-order chi connectivity index (χ1) is 14.1. The van der Waals surface area contributed by atoms with Crippen LogP contribution in [0.1, 0.15) is 42.3 Å². The van der Waals surface area contributed by atoms with Crippen LogP contribution in [0.15, 0.2) is 72.3 Å². The Kier molecular flexibility index (Phi) is 6.28. The Morgan fingerprint density at radius 1 is 1.10 bits per heavy atom. The number of hydrogen-bond donors (Lipinski definition) is 1. The summed E-state index contributed by atoms with van der Waals surface area (Å²) < 4.78 is 6.00. The number of fused-ring (bicyclic) bond motifs is 1. The fraction of sp³-hybridized carbons (Fsp3) is 0.200. The van der Waals surface area contributed by atoms with E-state index in [-0.39, 0.29) is 11.2 Å². The SMILES string of the molecule is CC(C=CC1=CC(C)(C)COc2ccc(C(=O)c3ccc(Cl)cc3)cc21)=CC(=O)O. The minimum atomic E-state index is -0.994. The lowest BCUT2D eigenvalue weighted by atomic mass is 9.89. The third-order valence-electron chi connectivity index (χ3n) is 4.68. The highest BCUT2D eigenvalue weighted by Gasteiger charge is 2.24. The molecule has 154 valence electrons. The average molecular weight is 423 g/mol. The third-order valence-corrected chi connectivity index (χ3v) is 4.93. The summed E-state index contributed by atoms with van der Waals surface area (Å²) in [6, 6.07) is 12.2. The molecule has 0 spiro atoms. The molecule has 0 aromatic heterocycles. The number of benzene rings is 2. The van der Waals surface area contributed by atoms with Gasteiger partial charge >= 0.3 is 5.97 Å². The molecule has 0 aliphatic carbocycles. The van der Waals surface area contributed by atoms with E-state index in [2.05, 4.69) is 19.9 Å². The van der Waals surface area contributed by atoms with Gasteiger partial charge in [0.2, 0.25) is 0 Å². The van der Waals surface area contributed by atoms with Crippen molar-refractivity contribution in [2.75, 3.05) is 6.61 Å². The summed E-state index contributed by atoms with van der Waals surface area (Å²) in [5, 5.41) is 9.51. The quantitative estimate of drug-likeness (QED) is 0.367. The molecule has 30 heavy (non-hydrogen) atoms. The number of ether oxygens (including phenoxy) is 1. The minimum Gasteiger partial charge on any atom is -0.492 e. The summed E-state index contributed by atoms with van der Waals surface area (Å²) in [4.78, 5) is 23.9. The minimum absolute atomic E-state index is 0.108. The molecule has 2 aromatic rings. The molecule has 0 saturated heterocycles. The topological polar surface area (TPSA) is 63.6 Å². The van der Waals surface area contributed by atoms with Gasteiger partial charge in [-0.05, 0) is 60.5 Å². The summed E-state index contributed by atoms with van der Waals surface area (Å²) in [6.07, 6.45) is 6.84. The van der Waals surface area contributed by atoms with Gasteiger partial charge in [0.1, 0.15) is 5.75 Å². The van der Waals surface area contributed by atoms with Crippen molar-refractivity contribution in [2.45, 2.75) is 20.8 Å². The van der Waals surface area contributed by atoms with Crippen molar-refractivity contribution >= 4 is 28.9 Å². The number of carboxylic acid groups (broad SMARTS) is 1. The van der Waals surface area contributed by atoms with Crippen molar-refractivity contribution in [3.05, 3.63) is 94.1 Å². The second-order valence-corrected chi connectivity index (χ2v) is 8.42. The van der Waals surface area contributed by atoms with Crippen molar-refractivity contribution in [3.8, 4) is 5.75 Å². The summed E-state index contributed by atoms with van der Waals surface area (Å²) in [6.45, 7) is 6.34. The lowest BCUT2D eigenvalue weighted by molar-refractivity contribution is -0.131. The third kappa shape index (κ3) is 5.28. The fourth-order valence-electron chi connectivity index (χ4n) is 3.20. The van der Waals surface area contributed by atoms with Gasteiger partial charge in [0.15, 0.2) is 5.78 Å². The van der Waals surface area contributed by atoms with E-state index in [1.807, 2.05) is 18.2 Å². The Bertz CT molecular complexity index is 1070. The molecule has 1 aliphatic rings. The van der Waals surface area contributed by atoms with E-state index in [0.717, 1.165) is 17.2 Å². The molecular formula is C25H23ClO4. The van der Waals surface area contributed by atoms with Crippen LogP contribution >= 0.6 is 11.6 Å². The molecule has 3 rings (SSSR count). The van der Waals surface area contributed by atoms with Gasteiger partial charge in [0.05, 0.1) is 6.61 Å². The first-order valence-electron chi connectivity index (χ1n) is 9.54. The molecule has 1 aliphatic heterocycles. The van der Waals surface area contributed by atoms with Crippen molar-refractivity contribution in [1.82, 2.24) is 0 Å². The molecular weight excluding hydrogens is 400 g/mol. The van der Waals surface area contributed by atoms with Gasteiger partial charge in [0.25, 0.3) is 0 Å². The molecule has 0 saturated carbocycles. The van der Waals surface area contributed by atoms with Crippen molar-refractivity contribution in [1.29, 1.82) is 0 Å². The molecule has 5 heteroatoms. The van der Waals surface area contributed by atoms with Gasteiger partial charge in [0, 0.05) is 33.2 Å². The molecule has 1 heterocycles. The molecule has 0 bridgehead atoms. The number of carbonyl (C=O) groups excluding carboxylic acids is 1. The van der Waals surface area contributed by atoms with Crippen LogP contribution < -0.4 is 4.74 Å². The fourth-order valence-corrected chi connectivity index (χ4v) is 3.32. The number of halogens is 1. The Labute approximate surface area is 181 Å². The van der Waals surface area contributed by atoms with Crippen LogP contribution in [0.2, 0.25) is 5.02 Å². The van der Waals surface area contributed by atoms with E-state index in [9.17, 15) is 9.59 Å². The van der Waals surface area contributed by atoms with Gasteiger partial charge in [-0.1, -0.05) is 43.7 Å². The zero-order valence-corrected chi connectivity index (χ0v) is 17.9. The number of rotatable bonds is 5. The lowest BCUT2D eigenvalue weighted by Gasteiger charge is -2.18. The second kappa shape index (κ2) is 8.72. The molecule has 0 unspecified atom stereocenters. The molecule has 0 amide bonds. The molecule has 0 atom stereocenters. The van der Waals surface area contributed by atoms with Crippen molar-refractivity contribution in [3.63, 3.8) is 0 Å². The zero-order chi connectivity index (χ0) is 21.9. The number of allylic oxidation sites excluding steroid dienone is 4. The summed E-state index contributed by atoms with van der Waals surface area (Å²) in [5.74, 6) is -0.417. The maximum Gasteiger partial charge on any atom is 0.328 e. The van der Waals surface area contributed by atoms with Crippen LogP contribution in [-0.2, 0) is 4.79 Å². The van der Waals surface area contributed by atoms with Gasteiger partial charge in [-0.3, -0.25) is 4.79 Å². The monoisotopic (exact) mass is 422 g/mol. The number of carbonyl (C=O) groups is 2. The molecule has 4 nitrogen and oxygen atoms in total. The average Bonchev–Trinajstić information content (AvgIpc) is 2.81. The van der Waals surface area contributed by atoms with Crippen LogP contribution in [0.5, 0.6) is 5.75 Å². The van der Waals surface area contributed by atoms with Gasteiger partial charge in [-0.15, -0.1) is 0 Å². The van der Waals surface area contributed by atoms with Crippen LogP contribution in [0.25, 0.3) is 5.57 Å². The lowest BCUT2D eigenvalue weighted by Crippen LogP contribution is -2.17. The Hall–Kier alpha value is -3.11. The predicted octanol–water partition coefficient (Wildman–Crippen LogP) is 5.96. The number of aliphatic carboxylic acids is 1. The van der Waals surface area contributed by atoms with Gasteiger partial charge < -0.3 is 9.84 Å². The van der Waals surface area contributed by atoms with Crippen molar-refractivity contribution in [2.24, 2.45) is 5.41 Å². The first-order valence-corrected chi connectivity index (χ1v) is 9.92. The molecule has 1 N–H and O–H groups in total. The van der Waals surface area contributed by atoms with Crippen LogP contribution in [0, 0.1) is 5.41 Å². The predicted molar refractivity (Wildman–Crippen MR) is 119 cm³/mol. The zero-order valence-electron chi connectivity index (χ0n) is 17.1. The number of ketones is 1. The number of hydrogen-bond acceptors (Lipinski definition) is 3.